The Bertz CT molecular complexity index is 1050. The first-order valence-electron chi connectivity index (χ1n) is 7.56. The second-order valence-corrected chi connectivity index (χ2v) is 7.84. The summed E-state index contributed by atoms with van der Waals surface area (Å²) < 4.78 is 17.9. The Labute approximate surface area is 182 Å². The second kappa shape index (κ2) is 8.49. The monoisotopic (exact) mass is 562 g/mol. The summed E-state index contributed by atoms with van der Waals surface area (Å²) in [6.07, 6.45) is 1.45. The molecule has 0 aliphatic carbocycles. The number of halogens is 3. The maximum atomic E-state index is 12.3. The lowest BCUT2D eigenvalue weighted by molar-refractivity contribution is 0.0929. The lowest BCUT2D eigenvalue weighted by Crippen LogP contribution is -2.16. The number of carbonyl (C=O) groups excluding carboxylic acids is 1. The normalized spacial score (nSPS) is 11.1. The zero-order valence-electron chi connectivity index (χ0n) is 14.2. The maximum absolute atomic E-state index is 12.3. The molecule has 2 aromatic carbocycles. The van der Waals surface area contributed by atoms with Gasteiger partial charge in [0.2, 0.25) is 0 Å². The molecule has 0 saturated carbocycles. The number of benzene rings is 2. The van der Waals surface area contributed by atoms with Crippen LogP contribution in [-0.4, -0.2) is 26.3 Å². The predicted molar refractivity (Wildman–Crippen MR) is 116 cm³/mol. The van der Waals surface area contributed by atoms with Crippen LogP contribution < -0.4 is 14.9 Å². The van der Waals surface area contributed by atoms with E-state index >= 15 is 0 Å². The van der Waals surface area contributed by atoms with Gasteiger partial charge in [-0.05, 0) is 58.5 Å². The molecule has 140 valence electrons. The van der Waals surface area contributed by atoms with Gasteiger partial charge in [0.25, 0.3) is 0 Å². The smallest absolute Gasteiger partial charge is 0.307 e. The van der Waals surface area contributed by atoms with Crippen molar-refractivity contribution in [1.82, 2.24) is 5.43 Å². The van der Waals surface area contributed by atoms with Gasteiger partial charge in [0.05, 0.1) is 29.0 Å². The van der Waals surface area contributed by atoms with Crippen LogP contribution in [0.1, 0.15) is 16.1 Å². The van der Waals surface area contributed by atoms with E-state index < -0.39 is 5.91 Å². The van der Waals surface area contributed by atoms with Crippen LogP contribution >= 0.6 is 50.1 Å². The van der Waals surface area contributed by atoms with Crippen molar-refractivity contribution in [1.29, 1.82) is 0 Å². The topological polar surface area (TPSA) is 73.1 Å². The first kappa shape index (κ1) is 20.0. The van der Waals surface area contributed by atoms with Gasteiger partial charge in [0.1, 0.15) is 5.58 Å². The number of hydrogen-bond acceptors (Lipinski definition) is 5. The fourth-order valence-corrected chi connectivity index (χ4v) is 4.38. The molecule has 1 aromatic heterocycles. The van der Waals surface area contributed by atoms with E-state index in [0.29, 0.717) is 27.7 Å². The molecule has 0 aliphatic heterocycles. The van der Waals surface area contributed by atoms with Gasteiger partial charge < -0.3 is 13.9 Å². The maximum Gasteiger partial charge on any atom is 0.307 e. The van der Waals surface area contributed by atoms with Crippen molar-refractivity contribution in [3.05, 3.63) is 54.7 Å². The molecule has 27 heavy (non-hydrogen) atoms. The lowest BCUT2D eigenvalue weighted by atomic mass is 10.2. The van der Waals surface area contributed by atoms with Gasteiger partial charge in [0.15, 0.2) is 17.3 Å². The van der Waals surface area contributed by atoms with Crippen molar-refractivity contribution >= 4 is 73.2 Å². The van der Waals surface area contributed by atoms with Gasteiger partial charge in [0, 0.05) is 9.86 Å². The molecule has 3 rings (SSSR count). The van der Waals surface area contributed by atoms with E-state index in [-0.39, 0.29) is 5.76 Å². The summed E-state index contributed by atoms with van der Waals surface area (Å²) in [5, 5.41) is 5.15. The molecule has 3 aromatic rings. The SMILES string of the molecule is COc1cc(/C=N\NC(=O)c2cc3cc(Br)cc(I)c3o2)cc(Cl)c1OC. The number of methoxy groups -OCH3 is 2. The Morgan fingerprint density at radius 3 is 2.74 bits per heavy atom. The molecule has 0 fully saturated rings. The minimum Gasteiger partial charge on any atom is -0.493 e. The molecule has 1 heterocycles. The first-order valence-corrected chi connectivity index (χ1v) is 9.81. The van der Waals surface area contributed by atoms with E-state index in [4.69, 9.17) is 25.5 Å². The average Bonchev–Trinajstić information content (AvgIpc) is 3.05. The number of ether oxygens (including phenoxy) is 2. The third-order valence-corrected chi connectivity index (χ3v) is 5.14. The highest BCUT2D eigenvalue weighted by Crippen LogP contribution is 2.35. The second-order valence-electron chi connectivity index (χ2n) is 5.35. The molecule has 1 amide bonds. The fraction of sp³-hybridized carbons (Fsp3) is 0.111. The molecule has 0 saturated heterocycles. The van der Waals surface area contributed by atoms with Gasteiger partial charge in [-0.3, -0.25) is 4.79 Å². The predicted octanol–water partition coefficient (Wildman–Crippen LogP) is 5.23. The Hall–Kier alpha value is -1.78. The summed E-state index contributed by atoms with van der Waals surface area (Å²) in [7, 11) is 3.02. The Kier molecular flexibility index (Phi) is 6.28. The molecular weight excluding hydrogens is 550 g/mol. The van der Waals surface area contributed by atoms with Crippen LogP contribution in [0.15, 0.2) is 44.3 Å². The van der Waals surface area contributed by atoms with Crippen molar-refractivity contribution in [3.8, 4) is 11.5 Å². The molecule has 0 spiro atoms. The number of rotatable bonds is 5. The molecule has 6 nitrogen and oxygen atoms in total. The Morgan fingerprint density at radius 1 is 1.26 bits per heavy atom. The molecule has 0 bridgehead atoms. The van der Waals surface area contributed by atoms with Crippen LogP contribution in [-0.2, 0) is 0 Å². The van der Waals surface area contributed by atoms with E-state index in [9.17, 15) is 4.79 Å². The zero-order chi connectivity index (χ0) is 19.6. The Balaban J connectivity index is 1.78. The van der Waals surface area contributed by atoms with Crippen molar-refractivity contribution in [3.63, 3.8) is 0 Å². The number of nitrogens with one attached hydrogen (secondary N) is 1. The van der Waals surface area contributed by atoms with E-state index in [1.54, 1.807) is 18.2 Å². The van der Waals surface area contributed by atoms with Gasteiger partial charge >= 0.3 is 5.91 Å². The summed E-state index contributed by atoms with van der Waals surface area (Å²) in [6.45, 7) is 0. The quantitative estimate of drug-likeness (QED) is 0.262. The Morgan fingerprint density at radius 2 is 2.04 bits per heavy atom. The van der Waals surface area contributed by atoms with E-state index in [0.717, 1.165) is 13.4 Å². The van der Waals surface area contributed by atoms with E-state index in [1.165, 1.54) is 20.4 Å². The van der Waals surface area contributed by atoms with E-state index in [1.807, 2.05) is 12.1 Å². The number of fused-ring (bicyclic) bond motifs is 1. The fourth-order valence-electron chi connectivity index (χ4n) is 2.42. The lowest BCUT2D eigenvalue weighted by Gasteiger charge is -2.09. The van der Waals surface area contributed by atoms with E-state index in [2.05, 4.69) is 49.0 Å². The summed E-state index contributed by atoms with van der Waals surface area (Å²) in [5.41, 5.74) is 3.73. The van der Waals surface area contributed by atoms with Crippen molar-refractivity contribution in [2.75, 3.05) is 14.2 Å². The van der Waals surface area contributed by atoms with Crippen LogP contribution in [0.5, 0.6) is 11.5 Å². The van der Waals surface area contributed by atoms with Gasteiger partial charge in [-0.2, -0.15) is 5.10 Å². The number of hydrogen-bond donors (Lipinski definition) is 1. The number of hydrazone groups is 1. The summed E-state index contributed by atoms with van der Waals surface area (Å²) in [6, 6.07) is 8.81. The number of furan rings is 1. The van der Waals surface area contributed by atoms with Crippen molar-refractivity contribution in [2.45, 2.75) is 0 Å². The van der Waals surface area contributed by atoms with Crippen molar-refractivity contribution < 1.29 is 18.7 Å². The third kappa shape index (κ3) is 4.39. The highest BCUT2D eigenvalue weighted by atomic mass is 127. The minimum absolute atomic E-state index is 0.170. The van der Waals surface area contributed by atoms with Gasteiger partial charge in [-0.1, -0.05) is 27.5 Å². The largest absolute Gasteiger partial charge is 0.493 e. The standard InChI is InChI=1S/C18H13BrClIN2O4/c1-25-14-4-9(3-12(20)17(14)26-2)8-22-23-18(24)15-6-10-5-11(19)7-13(21)16(10)27-15/h3-8H,1-2H3,(H,23,24)/b22-8-. The molecule has 1 N–H and O–H groups in total. The summed E-state index contributed by atoms with van der Waals surface area (Å²) in [5.74, 6) is 0.614. The minimum atomic E-state index is -0.457. The third-order valence-electron chi connectivity index (χ3n) is 3.60. The molecule has 0 radical (unpaired) electrons. The summed E-state index contributed by atoms with van der Waals surface area (Å²) >= 11 is 11.7. The number of amides is 1. The molecule has 0 atom stereocenters. The van der Waals surface area contributed by atoms with Crippen LogP contribution in [0, 0.1) is 3.57 Å². The first-order chi connectivity index (χ1) is 12.9. The van der Waals surface area contributed by atoms with Crippen LogP contribution in [0.3, 0.4) is 0 Å². The number of nitrogens with zero attached hydrogens (tertiary/aromatic N) is 1. The highest BCUT2D eigenvalue weighted by Gasteiger charge is 2.14. The van der Waals surface area contributed by atoms with Gasteiger partial charge in [-0.15, -0.1) is 0 Å². The molecule has 0 aliphatic rings. The molecule has 0 unspecified atom stereocenters. The van der Waals surface area contributed by atoms with Crippen LogP contribution in [0.25, 0.3) is 11.0 Å². The zero-order valence-corrected chi connectivity index (χ0v) is 18.7. The van der Waals surface area contributed by atoms with Crippen LogP contribution in [0.4, 0.5) is 0 Å². The average molecular weight is 564 g/mol. The molecular formula is C18H13BrClIN2O4. The van der Waals surface area contributed by atoms with Gasteiger partial charge in [-0.25, -0.2) is 5.43 Å². The van der Waals surface area contributed by atoms with Crippen molar-refractivity contribution in [2.24, 2.45) is 5.10 Å². The highest BCUT2D eigenvalue weighted by molar-refractivity contribution is 14.1. The molecule has 9 heteroatoms. The summed E-state index contributed by atoms with van der Waals surface area (Å²) in [4.78, 5) is 12.3. The van der Waals surface area contributed by atoms with Crippen LogP contribution in [0.2, 0.25) is 5.02 Å². The number of carbonyl (C=O) groups is 1.